The number of thiophene rings is 1. The van der Waals surface area contributed by atoms with Gasteiger partial charge in [0.05, 0.1) is 28.8 Å². The molecule has 0 radical (unpaired) electrons. The number of rotatable bonds is 5. The largest absolute Gasteiger partial charge is 0.378 e. The van der Waals surface area contributed by atoms with Crippen LogP contribution in [0.3, 0.4) is 0 Å². The first kappa shape index (κ1) is 19.4. The number of amides is 1. The van der Waals surface area contributed by atoms with Gasteiger partial charge >= 0.3 is 0 Å². The van der Waals surface area contributed by atoms with Gasteiger partial charge in [-0.15, -0.1) is 16.4 Å². The molecule has 0 atom stereocenters. The molecule has 2 aromatic carbocycles. The van der Waals surface area contributed by atoms with Crippen molar-refractivity contribution in [3.63, 3.8) is 0 Å². The van der Waals surface area contributed by atoms with Crippen molar-refractivity contribution in [3.8, 4) is 16.8 Å². The number of aromatic nitrogens is 4. The van der Waals surface area contributed by atoms with E-state index in [1.165, 1.54) is 17.7 Å². The van der Waals surface area contributed by atoms with E-state index in [1.54, 1.807) is 4.68 Å². The average molecular weight is 433 g/mol. The number of nitrogens with one attached hydrogen (secondary N) is 1. The van der Waals surface area contributed by atoms with Gasteiger partial charge in [0.2, 0.25) is 0 Å². The van der Waals surface area contributed by atoms with Gasteiger partial charge in [-0.05, 0) is 40.3 Å². The number of carbonyl (C=O) groups is 1. The average Bonchev–Trinajstić information content (AvgIpc) is 3.51. The van der Waals surface area contributed by atoms with Crippen LogP contribution < -0.4 is 10.2 Å². The van der Waals surface area contributed by atoms with Crippen molar-refractivity contribution < 1.29 is 9.53 Å². The van der Waals surface area contributed by atoms with Crippen molar-refractivity contribution in [3.05, 3.63) is 71.9 Å². The summed E-state index contributed by atoms with van der Waals surface area (Å²) >= 11 is 1.51. The summed E-state index contributed by atoms with van der Waals surface area (Å²) in [6, 6.07) is 19.6. The van der Waals surface area contributed by atoms with Crippen LogP contribution >= 0.6 is 11.3 Å². The lowest BCUT2D eigenvalue weighted by molar-refractivity contribution is 0.103. The lowest BCUT2D eigenvalue weighted by atomic mass is 10.1. The van der Waals surface area contributed by atoms with Crippen LogP contribution in [0, 0.1) is 0 Å². The molecule has 1 aliphatic rings. The van der Waals surface area contributed by atoms with Crippen LogP contribution in [0.2, 0.25) is 0 Å². The van der Waals surface area contributed by atoms with E-state index in [0.29, 0.717) is 23.8 Å². The SMILES string of the molecule is O=C(Nc1cccc(-n2cnnn2)c1)c1cc(-c2ccccc2)c(N2CCOCC2)s1. The Kier molecular flexibility index (Phi) is 5.42. The third-order valence-electron chi connectivity index (χ3n) is 5.04. The fraction of sp³-hybridized carbons (Fsp3) is 0.182. The number of carbonyl (C=O) groups excluding carboxylic acids is 1. The molecule has 1 aliphatic heterocycles. The van der Waals surface area contributed by atoms with Crippen molar-refractivity contribution in [1.82, 2.24) is 20.2 Å². The van der Waals surface area contributed by atoms with E-state index >= 15 is 0 Å². The Balaban J connectivity index is 1.44. The highest BCUT2D eigenvalue weighted by atomic mass is 32.1. The second-order valence-corrected chi connectivity index (χ2v) is 8.08. The van der Waals surface area contributed by atoms with Crippen molar-refractivity contribution in [1.29, 1.82) is 0 Å². The second kappa shape index (κ2) is 8.66. The van der Waals surface area contributed by atoms with Gasteiger partial charge in [0.1, 0.15) is 6.33 Å². The molecule has 3 heterocycles. The maximum Gasteiger partial charge on any atom is 0.265 e. The molecule has 0 saturated carbocycles. The van der Waals surface area contributed by atoms with Gasteiger partial charge < -0.3 is 15.0 Å². The molecule has 4 aromatic rings. The van der Waals surface area contributed by atoms with Gasteiger partial charge in [0, 0.05) is 24.3 Å². The molecule has 156 valence electrons. The van der Waals surface area contributed by atoms with Crippen LogP contribution in [-0.4, -0.2) is 52.4 Å². The Bertz CT molecular complexity index is 1170. The molecular weight excluding hydrogens is 412 g/mol. The molecule has 2 aromatic heterocycles. The maximum atomic E-state index is 13.1. The van der Waals surface area contributed by atoms with Gasteiger partial charge in [-0.3, -0.25) is 4.79 Å². The third-order valence-corrected chi connectivity index (χ3v) is 6.23. The summed E-state index contributed by atoms with van der Waals surface area (Å²) in [5.41, 5.74) is 3.62. The molecule has 1 saturated heterocycles. The lowest BCUT2D eigenvalue weighted by Gasteiger charge is -2.28. The molecule has 9 heteroatoms. The van der Waals surface area contributed by atoms with Gasteiger partial charge in [-0.25, -0.2) is 4.68 Å². The highest BCUT2D eigenvalue weighted by Crippen LogP contribution is 2.39. The predicted octanol–water partition coefficient (Wildman–Crippen LogP) is 3.48. The molecule has 8 nitrogen and oxygen atoms in total. The van der Waals surface area contributed by atoms with E-state index < -0.39 is 0 Å². The predicted molar refractivity (Wildman–Crippen MR) is 120 cm³/mol. The maximum absolute atomic E-state index is 13.1. The quantitative estimate of drug-likeness (QED) is 0.520. The van der Waals surface area contributed by atoms with Gasteiger partial charge in [0.15, 0.2) is 0 Å². The summed E-state index contributed by atoms with van der Waals surface area (Å²) in [5.74, 6) is -0.143. The fourth-order valence-electron chi connectivity index (χ4n) is 3.52. The topological polar surface area (TPSA) is 85.2 Å². The molecule has 0 unspecified atom stereocenters. The van der Waals surface area contributed by atoms with Crippen LogP contribution in [0.4, 0.5) is 10.7 Å². The molecule has 1 amide bonds. The first-order valence-corrected chi connectivity index (χ1v) is 10.8. The summed E-state index contributed by atoms with van der Waals surface area (Å²) in [6.45, 7) is 3.01. The Morgan fingerprint density at radius 3 is 2.65 bits per heavy atom. The number of morpholine rings is 1. The van der Waals surface area contributed by atoms with E-state index in [4.69, 9.17) is 4.74 Å². The minimum atomic E-state index is -0.143. The molecule has 1 fully saturated rings. The van der Waals surface area contributed by atoms with Crippen LogP contribution in [-0.2, 0) is 4.74 Å². The van der Waals surface area contributed by atoms with E-state index in [9.17, 15) is 4.79 Å². The summed E-state index contributed by atoms with van der Waals surface area (Å²) in [7, 11) is 0. The number of ether oxygens (including phenoxy) is 1. The Hall–Kier alpha value is -3.56. The Morgan fingerprint density at radius 1 is 1.03 bits per heavy atom. The zero-order chi connectivity index (χ0) is 21.0. The van der Waals surface area contributed by atoms with E-state index in [0.717, 1.165) is 34.9 Å². The number of hydrogen-bond donors (Lipinski definition) is 1. The first-order valence-electron chi connectivity index (χ1n) is 9.95. The number of tetrazole rings is 1. The normalized spacial score (nSPS) is 13.9. The molecular formula is C22H20N6O2S. The smallest absolute Gasteiger partial charge is 0.265 e. The van der Waals surface area contributed by atoms with E-state index in [2.05, 4.69) is 37.9 Å². The number of anilines is 2. The second-order valence-electron chi connectivity index (χ2n) is 7.05. The summed E-state index contributed by atoms with van der Waals surface area (Å²) in [4.78, 5) is 16.1. The lowest BCUT2D eigenvalue weighted by Crippen LogP contribution is -2.35. The Morgan fingerprint density at radius 2 is 1.87 bits per heavy atom. The zero-order valence-corrected chi connectivity index (χ0v) is 17.5. The third kappa shape index (κ3) is 4.18. The standard InChI is InChI=1S/C22H20N6O2S/c29-21(24-17-7-4-8-18(13-17)28-15-23-25-26-28)20-14-19(16-5-2-1-3-6-16)22(31-20)27-9-11-30-12-10-27/h1-8,13-15H,9-12H2,(H,24,29). The van der Waals surface area contributed by atoms with Crippen LogP contribution in [0.1, 0.15) is 9.67 Å². The number of nitrogens with zero attached hydrogens (tertiary/aromatic N) is 5. The van der Waals surface area contributed by atoms with Crippen molar-refractivity contribution >= 4 is 27.9 Å². The zero-order valence-electron chi connectivity index (χ0n) is 16.6. The molecule has 0 bridgehead atoms. The highest BCUT2D eigenvalue weighted by Gasteiger charge is 2.22. The van der Waals surface area contributed by atoms with Gasteiger partial charge in [-0.2, -0.15) is 0 Å². The minimum absolute atomic E-state index is 0.143. The van der Waals surface area contributed by atoms with E-state index in [-0.39, 0.29) is 5.91 Å². The number of hydrogen-bond acceptors (Lipinski definition) is 7. The first-order chi connectivity index (χ1) is 15.3. The van der Waals surface area contributed by atoms with Crippen LogP contribution in [0.15, 0.2) is 67.0 Å². The summed E-state index contributed by atoms with van der Waals surface area (Å²) in [6.07, 6.45) is 1.51. The highest BCUT2D eigenvalue weighted by molar-refractivity contribution is 7.18. The van der Waals surface area contributed by atoms with Crippen LogP contribution in [0.5, 0.6) is 0 Å². The minimum Gasteiger partial charge on any atom is -0.378 e. The molecule has 31 heavy (non-hydrogen) atoms. The van der Waals surface area contributed by atoms with Crippen LogP contribution in [0.25, 0.3) is 16.8 Å². The molecule has 1 N–H and O–H groups in total. The molecule has 0 aliphatic carbocycles. The molecule has 0 spiro atoms. The molecule has 5 rings (SSSR count). The summed E-state index contributed by atoms with van der Waals surface area (Å²) in [5, 5.41) is 15.3. The van der Waals surface area contributed by atoms with Crippen molar-refractivity contribution in [2.24, 2.45) is 0 Å². The Labute approximate surface area is 183 Å². The van der Waals surface area contributed by atoms with Gasteiger partial charge in [-0.1, -0.05) is 36.4 Å². The number of benzene rings is 2. The van der Waals surface area contributed by atoms with Crippen molar-refractivity contribution in [2.75, 3.05) is 36.5 Å². The fourth-order valence-corrected chi connectivity index (χ4v) is 4.64. The summed E-state index contributed by atoms with van der Waals surface area (Å²) < 4.78 is 7.06. The monoisotopic (exact) mass is 432 g/mol. The van der Waals surface area contributed by atoms with E-state index in [1.807, 2.05) is 48.5 Å². The van der Waals surface area contributed by atoms with Crippen molar-refractivity contribution in [2.45, 2.75) is 0 Å². The van der Waals surface area contributed by atoms with Gasteiger partial charge in [0.25, 0.3) is 5.91 Å².